The summed E-state index contributed by atoms with van der Waals surface area (Å²) in [5.41, 5.74) is 16.3. The maximum atomic E-state index is 6.51. The average molecular weight is 378 g/mol. The number of fused-ring (bicyclic) bond motifs is 2. The summed E-state index contributed by atoms with van der Waals surface area (Å²) >= 11 is 0. The molecule has 0 bridgehead atoms. The van der Waals surface area contributed by atoms with Gasteiger partial charge in [-0.3, -0.25) is 0 Å². The second-order valence-corrected chi connectivity index (χ2v) is 8.05. The fourth-order valence-corrected chi connectivity index (χ4v) is 4.32. The summed E-state index contributed by atoms with van der Waals surface area (Å²) in [4.78, 5) is 4.64. The summed E-state index contributed by atoms with van der Waals surface area (Å²) in [5.74, 6) is 1.04. The van der Waals surface area contributed by atoms with Crippen LogP contribution in [0.5, 0.6) is 5.88 Å². The molecule has 28 heavy (non-hydrogen) atoms. The molecule has 0 saturated heterocycles. The highest BCUT2D eigenvalue weighted by Gasteiger charge is 2.50. The number of aryl methyl sites for hydroxylation is 1. The Hall–Kier alpha value is -3.04. The van der Waals surface area contributed by atoms with Crippen molar-refractivity contribution in [2.45, 2.75) is 30.8 Å². The Bertz CT molecular complexity index is 1210. The molecule has 0 aliphatic heterocycles. The van der Waals surface area contributed by atoms with Crippen LogP contribution in [0.4, 0.5) is 0 Å². The van der Waals surface area contributed by atoms with Crippen molar-refractivity contribution in [2.75, 3.05) is 7.11 Å². The van der Waals surface area contributed by atoms with Crippen molar-refractivity contribution in [1.82, 2.24) is 29.6 Å². The Morgan fingerprint density at radius 2 is 1.96 bits per heavy atom. The zero-order chi connectivity index (χ0) is 19.7. The van der Waals surface area contributed by atoms with Gasteiger partial charge in [0.15, 0.2) is 5.82 Å². The van der Waals surface area contributed by atoms with Gasteiger partial charge in [-0.2, -0.15) is 10.1 Å². The largest absolute Gasteiger partial charge is 0.479 e. The van der Waals surface area contributed by atoms with Gasteiger partial charge in [-0.1, -0.05) is 11.3 Å². The minimum absolute atomic E-state index is 0.283. The standard InChI is InChI=1S/C19H22N8O/c1-18(20)9-19(21,10-18)17-22-16(28-3)15-12(6-7-27(15)24-17)11-4-5-13-14(8-11)26(2)25-23-13/h4-8H,9-10,20-21H2,1-3H3. The second-order valence-electron chi connectivity index (χ2n) is 8.05. The first-order valence-electron chi connectivity index (χ1n) is 9.11. The van der Waals surface area contributed by atoms with Crippen LogP contribution in [0, 0.1) is 0 Å². The van der Waals surface area contributed by atoms with E-state index in [0.717, 1.165) is 27.7 Å². The predicted molar refractivity (Wildman–Crippen MR) is 105 cm³/mol. The molecule has 0 atom stereocenters. The molecule has 0 spiro atoms. The van der Waals surface area contributed by atoms with Gasteiger partial charge in [-0.15, -0.1) is 5.10 Å². The molecule has 5 rings (SSSR count). The molecule has 1 saturated carbocycles. The van der Waals surface area contributed by atoms with Crippen LogP contribution in [0.2, 0.25) is 0 Å². The van der Waals surface area contributed by atoms with E-state index in [0.29, 0.717) is 24.5 Å². The Labute approximate surface area is 161 Å². The van der Waals surface area contributed by atoms with Crippen molar-refractivity contribution >= 4 is 16.6 Å². The molecule has 1 aliphatic rings. The van der Waals surface area contributed by atoms with Gasteiger partial charge in [0.05, 0.1) is 18.2 Å². The molecule has 0 unspecified atom stereocenters. The molecule has 1 aromatic carbocycles. The molecule has 9 nitrogen and oxygen atoms in total. The zero-order valence-electron chi connectivity index (χ0n) is 16.0. The third-order valence-electron chi connectivity index (χ3n) is 5.48. The first-order valence-corrected chi connectivity index (χ1v) is 9.11. The third kappa shape index (κ3) is 2.40. The molecule has 1 aliphatic carbocycles. The van der Waals surface area contributed by atoms with E-state index in [9.17, 15) is 0 Å². The molecule has 0 radical (unpaired) electrons. The summed E-state index contributed by atoms with van der Waals surface area (Å²) in [7, 11) is 3.48. The molecule has 1 fully saturated rings. The van der Waals surface area contributed by atoms with Crippen LogP contribution >= 0.6 is 0 Å². The highest BCUT2D eigenvalue weighted by Crippen LogP contribution is 2.44. The molecule has 9 heteroatoms. The number of aromatic nitrogens is 6. The number of hydrogen-bond donors (Lipinski definition) is 2. The van der Waals surface area contributed by atoms with E-state index >= 15 is 0 Å². The minimum Gasteiger partial charge on any atom is -0.479 e. The average Bonchev–Trinajstić information content (AvgIpc) is 3.23. The van der Waals surface area contributed by atoms with Crippen molar-refractivity contribution in [2.24, 2.45) is 18.5 Å². The van der Waals surface area contributed by atoms with Gasteiger partial charge in [0.2, 0.25) is 5.88 Å². The smallest absolute Gasteiger partial charge is 0.242 e. The van der Waals surface area contributed by atoms with E-state index in [1.807, 2.05) is 44.4 Å². The first-order chi connectivity index (χ1) is 13.3. The van der Waals surface area contributed by atoms with Crippen molar-refractivity contribution in [3.05, 3.63) is 36.3 Å². The van der Waals surface area contributed by atoms with E-state index in [-0.39, 0.29) is 5.54 Å². The van der Waals surface area contributed by atoms with Crippen LogP contribution in [-0.4, -0.2) is 42.2 Å². The van der Waals surface area contributed by atoms with Crippen LogP contribution in [-0.2, 0) is 12.6 Å². The molecule has 3 heterocycles. The zero-order valence-corrected chi connectivity index (χ0v) is 16.0. The Morgan fingerprint density at radius 1 is 1.18 bits per heavy atom. The maximum Gasteiger partial charge on any atom is 0.242 e. The SMILES string of the molecule is COc1nc(C2(N)CC(C)(N)C2)nn2ccc(-c3ccc4nnn(C)c4c3)c12. The van der Waals surface area contributed by atoms with Gasteiger partial charge >= 0.3 is 0 Å². The number of methoxy groups -OCH3 is 1. The Balaban J connectivity index is 1.66. The highest BCUT2D eigenvalue weighted by atomic mass is 16.5. The summed E-state index contributed by atoms with van der Waals surface area (Å²) < 4.78 is 9.14. The molecule has 3 aromatic heterocycles. The van der Waals surface area contributed by atoms with E-state index in [1.54, 1.807) is 16.3 Å². The second kappa shape index (κ2) is 5.49. The van der Waals surface area contributed by atoms with Crippen molar-refractivity contribution in [3.8, 4) is 17.0 Å². The molecular weight excluding hydrogens is 356 g/mol. The fraction of sp³-hybridized carbons (Fsp3) is 0.368. The number of nitrogens with two attached hydrogens (primary N) is 2. The van der Waals surface area contributed by atoms with Gasteiger partial charge in [-0.05, 0) is 43.5 Å². The lowest BCUT2D eigenvalue weighted by Gasteiger charge is -2.49. The van der Waals surface area contributed by atoms with E-state index in [4.69, 9.17) is 16.2 Å². The van der Waals surface area contributed by atoms with E-state index < -0.39 is 5.54 Å². The number of benzene rings is 1. The lowest BCUT2D eigenvalue weighted by molar-refractivity contribution is 0.114. The summed E-state index contributed by atoms with van der Waals surface area (Å²) in [6.45, 7) is 1.99. The van der Waals surface area contributed by atoms with Crippen molar-refractivity contribution < 1.29 is 4.74 Å². The molecular formula is C19H22N8O. The topological polar surface area (TPSA) is 122 Å². The summed E-state index contributed by atoms with van der Waals surface area (Å²) in [6, 6.07) is 8.01. The number of hydrogen-bond acceptors (Lipinski definition) is 7. The lowest BCUT2D eigenvalue weighted by atomic mass is 9.64. The normalized spacial score (nSPS) is 24.6. The summed E-state index contributed by atoms with van der Waals surface area (Å²) in [6.07, 6.45) is 3.16. The maximum absolute atomic E-state index is 6.51. The van der Waals surface area contributed by atoms with Crippen LogP contribution in [0.15, 0.2) is 30.5 Å². The minimum atomic E-state index is -0.630. The van der Waals surface area contributed by atoms with Gasteiger partial charge in [0.25, 0.3) is 0 Å². The quantitative estimate of drug-likeness (QED) is 0.552. The molecule has 144 valence electrons. The van der Waals surface area contributed by atoms with Gasteiger partial charge < -0.3 is 16.2 Å². The Morgan fingerprint density at radius 3 is 2.68 bits per heavy atom. The Kier molecular flexibility index (Phi) is 3.35. The van der Waals surface area contributed by atoms with Crippen LogP contribution in [0.3, 0.4) is 0 Å². The van der Waals surface area contributed by atoms with E-state index in [1.165, 1.54) is 0 Å². The lowest BCUT2D eigenvalue weighted by Crippen LogP contribution is -2.63. The summed E-state index contributed by atoms with van der Waals surface area (Å²) in [5, 5.41) is 12.9. The predicted octanol–water partition coefficient (Wildman–Crippen LogP) is 1.35. The number of nitrogens with zero attached hydrogens (tertiary/aromatic N) is 6. The number of rotatable bonds is 3. The molecule has 4 aromatic rings. The van der Waals surface area contributed by atoms with E-state index in [2.05, 4.69) is 20.4 Å². The van der Waals surface area contributed by atoms with Crippen molar-refractivity contribution in [3.63, 3.8) is 0 Å². The van der Waals surface area contributed by atoms with Crippen LogP contribution < -0.4 is 16.2 Å². The van der Waals surface area contributed by atoms with Crippen LogP contribution in [0.25, 0.3) is 27.7 Å². The van der Waals surface area contributed by atoms with Crippen LogP contribution in [0.1, 0.15) is 25.6 Å². The number of ether oxygens (including phenoxy) is 1. The fourth-order valence-electron chi connectivity index (χ4n) is 4.32. The van der Waals surface area contributed by atoms with Crippen molar-refractivity contribution in [1.29, 1.82) is 0 Å². The van der Waals surface area contributed by atoms with Gasteiger partial charge in [-0.25, -0.2) is 9.20 Å². The molecule has 0 amide bonds. The van der Waals surface area contributed by atoms with Gasteiger partial charge in [0.1, 0.15) is 11.0 Å². The van der Waals surface area contributed by atoms with Gasteiger partial charge in [0, 0.05) is 24.3 Å². The highest BCUT2D eigenvalue weighted by molar-refractivity contribution is 5.89. The third-order valence-corrected chi connectivity index (χ3v) is 5.48. The molecule has 4 N–H and O–H groups in total. The first kappa shape index (κ1) is 17.1. The monoisotopic (exact) mass is 378 g/mol.